The Kier molecular flexibility index (Phi) is 5.14. The second-order valence-corrected chi connectivity index (χ2v) is 5.85. The number of likely N-dealkylation sites (tertiary alicyclic amines) is 1. The van der Waals surface area contributed by atoms with Crippen LogP contribution in [0.25, 0.3) is 0 Å². The molecule has 4 nitrogen and oxygen atoms in total. The maximum Gasteiger partial charge on any atom is 0.144 e. The van der Waals surface area contributed by atoms with Crippen molar-refractivity contribution < 1.29 is 0 Å². The minimum atomic E-state index is 0.814. The Labute approximate surface area is 116 Å². The molecule has 0 aliphatic carbocycles. The molecule has 1 N–H and O–H groups in total. The molecule has 0 saturated carbocycles. The Bertz CT molecular complexity index is 374. The lowest BCUT2D eigenvalue weighted by molar-refractivity contribution is 0.262. The average Bonchev–Trinajstić information content (AvgIpc) is 2.65. The number of hydrogen-bond donors (Lipinski definition) is 1. The van der Waals surface area contributed by atoms with Gasteiger partial charge < -0.3 is 5.32 Å². The Morgan fingerprint density at radius 1 is 1.26 bits per heavy atom. The molecule has 0 bridgehead atoms. The van der Waals surface area contributed by atoms with E-state index in [-0.39, 0.29) is 0 Å². The van der Waals surface area contributed by atoms with Gasteiger partial charge in [-0.25, -0.2) is 4.98 Å². The number of nitrogens with zero attached hydrogens (tertiary/aromatic N) is 3. The molecule has 1 aromatic rings. The first-order valence-corrected chi connectivity index (χ1v) is 7.40. The standard InChI is InChI=1S/C15H26N4/c1-12(2)13-5-4-7-19(8-6-13)11-14-9-18-15(16-3)10-17-14/h9-10,12-13H,4-8,11H2,1-3H3,(H,16,18). The molecule has 0 amide bonds. The van der Waals surface area contributed by atoms with E-state index in [9.17, 15) is 0 Å². The summed E-state index contributed by atoms with van der Waals surface area (Å²) >= 11 is 0. The molecule has 1 saturated heterocycles. The van der Waals surface area contributed by atoms with Crippen LogP contribution >= 0.6 is 0 Å². The summed E-state index contributed by atoms with van der Waals surface area (Å²) in [7, 11) is 1.87. The third-order valence-corrected chi connectivity index (χ3v) is 4.16. The van der Waals surface area contributed by atoms with Gasteiger partial charge in [-0.05, 0) is 44.2 Å². The van der Waals surface area contributed by atoms with Crippen LogP contribution in [0.15, 0.2) is 12.4 Å². The van der Waals surface area contributed by atoms with E-state index in [1.807, 2.05) is 19.4 Å². The summed E-state index contributed by atoms with van der Waals surface area (Å²) in [5.74, 6) is 2.54. The van der Waals surface area contributed by atoms with Crippen LogP contribution in [0.1, 0.15) is 38.8 Å². The second kappa shape index (κ2) is 6.85. The third kappa shape index (κ3) is 4.16. The third-order valence-electron chi connectivity index (χ3n) is 4.16. The van der Waals surface area contributed by atoms with E-state index >= 15 is 0 Å². The molecule has 1 unspecified atom stereocenters. The van der Waals surface area contributed by atoms with Crippen LogP contribution in [0.4, 0.5) is 5.82 Å². The van der Waals surface area contributed by atoms with Gasteiger partial charge in [-0.3, -0.25) is 9.88 Å². The number of hydrogen-bond acceptors (Lipinski definition) is 4. The summed E-state index contributed by atoms with van der Waals surface area (Å²) in [5.41, 5.74) is 1.07. The fourth-order valence-electron chi connectivity index (χ4n) is 2.80. The van der Waals surface area contributed by atoms with Crippen LogP contribution in [-0.2, 0) is 6.54 Å². The van der Waals surface area contributed by atoms with Gasteiger partial charge in [-0.15, -0.1) is 0 Å². The van der Waals surface area contributed by atoms with Gasteiger partial charge in [-0.2, -0.15) is 0 Å². The van der Waals surface area contributed by atoms with Crippen LogP contribution in [0.3, 0.4) is 0 Å². The van der Waals surface area contributed by atoms with Gasteiger partial charge in [0.2, 0.25) is 0 Å². The highest BCUT2D eigenvalue weighted by Gasteiger charge is 2.19. The molecular formula is C15H26N4. The smallest absolute Gasteiger partial charge is 0.144 e. The largest absolute Gasteiger partial charge is 0.372 e. The molecule has 2 heterocycles. The molecular weight excluding hydrogens is 236 g/mol. The topological polar surface area (TPSA) is 41.1 Å². The lowest BCUT2D eigenvalue weighted by Crippen LogP contribution is -2.25. The maximum atomic E-state index is 4.46. The molecule has 106 valence electrons. The van der Waals surface area contributed by atoms with Gasteiger partial charge in [0.25, 0.3) is 0 Å². The SMILES string of the molecule is CNc1cnc(CN2CCCC(C(C)C)CC2)cn1. The lowest BCUT2D eigenvalue weighted by Gasteiger charge is -2.20. The van der Waals surface area contributed by atoms with Crippen LogP contribution in [0.2, 0.25) is 0 Å². The van der Waals surface area contributed by atoms with Gasteiger partial charge >= 0.3 is 0 Å². The number of nitrogens with one attached hydrogen (secondary N) is 1. The lowest BCUT2D eigenvalue weighted by atomic mass is 9.89. The van der Waals surface area contributed by atoms with Gasteiger partial charge in [-0.1, -0.05) is 13.8 Å². The van der Waals surface area contributed by atoms with E-state index in [0.29, 0.717) is 0 Å². The zero-order valence-corrected chi connectivity index (χ0v) is 12.4. The minimum Gasteiger partial charge on any atom is -0.372 e. The van der Waals surface area contributed by atoms with Gasteiger partial charge in [0.15, 0.2) is 0 Å². The van der Waals surface area contributed by atoms with Crippen molar-refractivity contribution in [3.8, 4) is 0 Å². The van der Waals surface area contributed by atoms with Crippen LogP contribution in [0, 0.1) is 11.8 Å². The number of anilines is 1. The predicted octanol–water partition coefficient (Wildman–Crippen LogP) is 2.78. The molecule has 1 fully saturated rings. The van der Waals surface area contributed by atoms with Gasteiger partial charge in [0.1, 0.15) is 5.82 Å². The van der Waals surface area contributed by atoms with Crippen molar-refractivity contribution in [2.24, 2.45) is 11.8 Å². The summed E-state index contributed by atoms with van der Waals surface area (Å²) in [6.07, 6.45) is 7.70. The highest BCUT2D eigenvalue weighted by Crippen LogP contribution is 2.25. The zero-order valence-electron chi connectivity index (χ0n) is 12.4. The summed E-state index contributed by atoms with van der Waals surface area (Å²) in [4.78, 5) is 11.3. The number of rotatable bonds is 4. The highest BCUT2D eigenvalue weighted by molar-refractivity contribution is 5.29. The van der Waals surface area contributed by atoms with Crippen molar-refractivity contribution in [2.45, 2.75) is 39.7 Å². The van der Waals surface area contributed by atoms with Crippen molar-refractivity contribution in [3.05, 3.63) is 18.1 Å². The molecule has 0 spiro atoms. The predicted molar refractivity (Wildman–Crippen MR) is 79.0 cm³/mol. The van der Waals surface area contributed by atoms with Crippen molar-refractivity contribution in [3.63, 3.8) is 0 Å². The Hall–Kier alpha value is -1.16. The first-order chi connectivity index (χ1) is 9.19. The first-order valence-electron chi connectivity index (χ1n) is 7.40. The summed E-state index contributed by atoms with van der Waals surface area (Å²) in [6.45, 7) is 8.02. The van der Waals surface area contributed by atoms with Crippen molar-refractivity contribution in [1.29, 1.82) is 0 Å². The van der Waals surface area contributed by atoms with Crippen LogP contribution in [0.5, 0.6) is 0 Å². The fraction of sp³-hybridized carbons (Fsp3) is 0.733. The van der Waals surface area contributed by atoms with Crippen molar-refractivity contribution in [2.75, 3.05) is 25.5 Å². The first kappa shape index (κ1) is 14.3. The van der Waals surface area contributed by atoms with Gasteiger partial charge in [0, 0.05) is 13.6 Å². The van der Waals surface area contributed by atoms with Gasteiger partial charge in [0.05, 0.1) is 18.1 Å². The van der Waals surface area contributed by atoms with Crippen LogP contribution in [-0.4, -0.2) is 35.0 Å². The maximum absolute atomic E-state index is 4.46. The Balaban J connectivity index is 1.88. The number of aromatic nitrogens is 2. The quantitative estimate of drug-likeness (QED) is 0.906. The highest BCUT2D eigenvalue weighted by atomic mass is 15.1. The van der Waals surface area contributed by atoms with Crippen molar-refractivity contribution >= 4 is 5.82 Å². The molecule has 1 aliphatic heterocycles. The Morgan fingerprint density at radius 2 is 2.11 bits per heavy atom. The van der Waals surface area contributed by atoms with E-state index in [1.54, 1.807) is 0 Å². The summed E-state index contributed by atoms with van der Waals surface area (Å²) in [5, 5.41) is 3.00. The van der Waals surface area contributed by atoms with E-state index in [0.717, 1.165) is 29.9 Å². The van der Waals surface area contributed by atoms with E-state index in [2.05, 4.69) is 34.0 Å². The molecule has 4 heteroatoms. The summed E-state index contributed by atoms with van der Waals surface area (Å²) < 4.78 is 0. The van der Waals surface area contributed by atoms with E-state index in [1.165, 1.54) is 32.4 Å². The molecule has 2 rings (SSSR count). The molecule has 0 radical (unpaired) electrons. The Morgan fingerprint density at radius 3 is 2.74 bits per heavy atom. The molecule has 0 aromatic carbocycles. The fourth-order valence-corrected chi connectivity index (χ4v) is 2.80. The summed E-state index contributed by atoms with van der Waals surface area (Å²) in [6, 6.07) is 0. The average molecular weight is 262 g/mol. The van der Waals surface area contributed by atoms with E-state index in [4.69, 9.17) is 0 Å². The van der Waals surface area contributed by atoms with E-state index < -0.39 is 0 Å². The second-order valence-electron chi connectivity index (χ2n) is 5.85. The monoisotopic (exact) mass is 262 g/mol. The molecule has 19 heavy (non-hydrogen) atoms. The van der Waals surface area contributed by atoms with Crippen molar-refractivity contribution in [1.82, 2.24) is 14.9 Å². The zero-order chi connectivity index (χ0) is 13.7. The normalized spacial score (nSPS) is 21.4. The molecule has 1 atom stereocenters. The molecule has 1 aromatic heterocycles. The van der Waals surface area contributed by atoms with Crippen LogP contribution < -0.4 is 5.32 Å². The molecule has 1 aliphatic rings. The minimum absolute atomic E-state index is 0.814.